The molecule has 3 N–H and O–H groups in total. The van der Waals surface area contributed by atoms with Crippen LogP contribution in [0.1, 0.15) is 29.8 Å². The van der Waals surface area contributed by atoms with Gasteiger partial charge in [-0.3, -0.25) is 4.79 Å². The zero-order valence-corrected chi connectivity index (χ0v) is 15.9. The van der Waals surface area contributed by atoms with Gasteiger partial charge in [0.2, 0.25) is 5.91 Å². The van der Waals surface area contributed by atoms with Crippen LogP contribution in [0.4, 0.5) is 5.69 Å². The molecule has 0 radical (unpaired) electrons. The lowest BCUT2D eigenvalue weighted by molar-refractivity contribution is -0.134. The van der Waals surface area contributed by atoms with Gasteiger partial charge in [-0.15, -0.1) is 0 Å². The second kappa shape index (κ2) is 9.18. The summed E-state index contributed by atoms with van der Waals surface area (Å²) in [6, 6.07) is 8.31. The number of fused-ring (bicyclic) bond motifs is 2. The third-order valence-electron chi connectivity index (χ3n) is 5.08. The molecule has 1 atom stereocenters. The number of hydrogen-bond acceptors (Lipinski definition) is 4. The average Bonchev–Trinajstić information content (AvgIpc) is 3.19. The molecule has 29 heavy (non-hydrogen) atoms. The predicted molar refractivity (Wildman–Crippen MR) is 106 cm³/mol. The van der Waals surface area contributed by atoms with Crippen molar-refractivity contribution in [2.24, 2.45) is 5.92 Å². The van der Waals surface area contributed by atoms with Crippen LogP contribution in [0.2, 0.25) is 0 Å². The van der Waals surface area contributed by atoms with Gasteiger partial charge in [-0.2, -0.15) is 0 Å². The maximum atomic E-state index is 12.9. The number of hydrogen-bond donors (Lipinski definition) is 3. The van der Waals surface area contributed by atoms with Crippen LogP contribution in [0.5, 0.6) is 0 Å². The Morgan fingerprint density at radius 3 is 2.55 bits per heavy atom. The smallest absolute Gasteiger partial charge is 0.328 e. The Kier molecular flexibility index (Phi) is 6.43. The average molecular weight is 397 g/mol. The number of imidazole rings is 1. The second-order valence-corrected chi connectivity index (χ2v) is 7.00. The van der Waals surface area contributed by atoms with E-state index in [9.17, 15) is 14.4 Å². The summed E-state index contributed by atoms with van der Waals surface area (Å²) in [5.74, 6) is -2.15. The van der Waals surface area contributed by atoms with E-state index < -0.39 is 11.9 Å². The Labute approximate surface area is 167 Å². The van der Waals surface area contributed by atoms with E-state index in [4.69, 9.17) is 10.2 Å². The molecule has 4 rings (SSSR count). The third-order valence-corrected chi connectivity index (χ3v) is 5.08. The zero-order valence-electron chi connectivity index (χ0n) is 15.9. The van der Waals surface area contributed by atoms with Crippen molar-refractivity contribution in [2.45, 2.75) is 32.1 Å². The van der Waals surface area contributed by atoms with Crippen LogP contribution >= 0.6 is 0 Å². The highest BCUT2D eigenvalue weighted by Crippen LogP contribution is 2.31. The van der Waals surface area contributed by atoms with Gasteiger partial charge in [-0.1, -0.05) is 18.2 Å². The van der Waals surface area contributed by atoms with Crippen LogP contribution in [-0.4, -0.2) is 44.6 Å². The minimum absolute atomic E-state index is 0.0871. The van der Waals surface area contributed by atoms with E-state index in [1.165, 1.54) is 5.56 Å². The van der Waals surface area contributed by atoms with E-state index in [1.54, 1.807) is 6.33 Å². The molecule has 8 nitrogen and oxygen atoms in total. The Balaban J connectivity index is 0.000000258. The van der Waals surface area contributed by atoms with Crippen molar-refractivity contribution in [3.8, 4) is 0 Å². The van der Waals surface area contributed by atoms with Crippen molar-refractivity contribution in [1.29, 1.82) is 0 Å². The lowest BCUT2D eigenvalue weighted by atomic mass is 9.88. The number of nitrogens with one attached hydrogen (secondary N) is 1. The number of carboxylic acid groups (broad SMARTS) is 2. The number of carbonyl (C=O) groups is 3. The minimum atomic E-state index is -1.26. The molecule has 8 heteroatoms. The van der Waals surface area contributed by atoms with Crippen molar-refractivity contribution >= 4 is 23.5 Å². The number of carboxylic acids is 2. The molecule has 2 aromatic rings. The van der Waals surface area contributed by atoms with E-state index in [0.29, 0.717) is 12.2 Å². The standard InChI is InChI=1S/C17H19N3O.C4H4O4/c21-17(13-7-8-14-15(10-13)19-11-18-14)20-9-3-5-12-4-1-2-6-16(12)20;5-3(6)1-2-4(7)8/h1-2,4,6,11,13H,3,5,7-10H2,(H,18,19);1-2H,(H,5,6)(H,7,8). The van der Waals surface area contributed by atoms with Gasteiger partial charge < -0.3 is 20.1 Å². The van der Waals surface area contributed by atoms with E-state index in [2.05, 4.69) is 28.2 Å². The molecule has 2 aliphatic rings. The maximum absolute atomic E-state index is 12.9. The number of aromatic amines is 1. The molecule has 1 aliphatic heterocycles. The largest absolute Gasteiger partial charge is 0.478 e. The molecule has 0 saturated carbocycles. The fraction of sp³-hybridized carbons (Fsp3) is 0.333. The normalized spacial score (nSPS) is 17.7. The number of aryl methyl sites for hydroxylation is 2. The maximum Gasteiger partial charge on any atom is 0.328 e. The van der Waals surface area contributed by atoms with Crippen LogP contribution < -0.4 is 4.90 Å². The number of nitrogens with zero attached hydrogens (tertiary/aromatic N) is 2. The summed E-state index contributed by atoms with van der Waals surface area (Å²) in [7, 11) is 0. The molecule has 1 aromatic carbocycles. The van der Waals surface area contributed by atoms with E-state index in [0.717, 1.165) is 55.7 Å². The minimum Gasteiger partial charge on any atom is -0.478 e. The van der Waals surface area contributed by atoms with Gasteiger partial charge in [-0.25, -0.2) is 14.6 Å². The summed E-state index contributed by atoms with van der Waals surface area (Å²) in [5.41, 5.74) is 4.70. The molecular formula is C21H23N3O5. The molecule has 1 aliphatic carbocycles. The van der Waals surface area contributed by atoms with Crippen molar-refractivity contribution in [3.63, 3.8) is 0 Å². The van der Waals surface area contributed by atoms with Gasteiger partial charge in [0.1, 0.15) is 0 Å². The second-order valence-electron chi connectivity index (χ2n) is 7.00. The number of anilines is 1. The zero-order chi connectivity index (χ0) is 20.8. The van der Waals surface area contributed by atoms with Crippen LogP contribution in [0.3, 0.4) is 0 Å². The number of aliphatic carboxylic acids is 2. The topological polar surface area (TPSA) is 124 Å². The third kappa shape index (κ3) is 5.10. The summed E-state index contributed by atoms with van der Waals surface area (Å²) in [6.07, 6.45) is 7.62. The number of benzene rings is 1. The number of rotatable bonds is 3. The summed E-state index contributed by atoms with van der Waals surface area (Å²) in [4.78, 5) is 41.6. The van der Waals surface area contributed by atoms with E-state index >= 15 is 0 Å². The number of aromatic nitrogens is 2. The molecule has 0 saturated heterocycles. The first-order chi connectivity index (χ1) is 14.0. The van der Waals surface area contributed by atoms with Crippen molar-refractivity contribution in [3.05, 3.63) is 59.7 Å². The summed E-state index contributed by atoms with van der Waals surface area (Å²) in [5, 5.41) is 15.6. The van der Waals surface area contributed by atoms with E-state index in [-0.39, 0.29) is 11.8 Å². The van der Waals surface area contributed by atoms with E-state index in [1.807, 2.05) is 11.0 Å². The first-order valence-corrected chi connectivity index (χ1v) is 9.50. The fourth-order valence-electron chi connectivity index (χ4n) is 3.74. The monoisotopic (exact) mass is 397 g/mol. The molecule has 1 amide bonds. The Morgan fingerprint density at radius 2 is 1.83 bits per heavy atom. The highest BCUT2D eigenvalue weighted by molar-refractivity contribution is 5.96. The molecule has 152 valence electrons. The highest BCUT2D eigenvalue weighted by Gasteiger charge is 2.31. The van der Waals surface area contributed by atoms with Crippen LogP contribution in [0.15, 0.2) is 42.7 Å². The number of para-hydroxylation sites is 1. The predicted octanol–water partition coefficient (Wildman–Crippen LogP) is 2.21. The molecule has 1 aromatic heterocycles. The summed E-state index contributed by atoms with van der Waals surface area (Å²) >= 11 is 0. The fourth-order valence-corrected chi connectivity index (χ4v) is 3.74. The van der Waals surface area contributed by atoms with Crippen molar-refractivity contribution in [1.82, 2.24) is 9.97 Å². The van der Waals surface area contributed by atoms with Crippen molar-refractivity contribution in [2.75, 3.05) is 11.4 Å². The van der Waals surface area contributed by atoms with Gasteiger partial charge in [0.05, 0.1) is 12.0 Å². The van der Waals surface area contributed by atoms with Gasteiger partial charge in [0.25, 0.3) is 0 Å². The van der Waals surface area contributed by atoms with Gasteiger partial charge >= 0.3 is 11.9 Å². The van der Waals surface area contributed by atoms with Gasteiger partial charge in [0.15, 0.2) is 0 Å². The first kappa shape index (κ1) is 20.3. The molecule has 0 bridgehead atoms. The lowest BCUT2D eigenvalue weighted by Gasteiger charge is -2.33. The summed E-state index contributed by atoms with van der Waals surface area (Å²) < 4.78 is 0. The number of H-pyrrole nitrogens is 1. The Morgan fingerprint density at radius 1 is 1.10 bits per heavy atom. The number of carbonyl (C=O) groups excluding carboxylic acids is 1. The molecule has 1 unspecified atom stereocenters. The molecule has 0 spiro atoms. The molecule has 0 fully saturated rings. The Bertz CT molecular complexity index is 918. The highest BCUT2D eigenvalue weighted by atomic mass is 16.4. The van der Waals surface area contributed by atoms with Crippen LogP contribution in [0.25, 0.3) is 0 Å². The molecule has 2 heterocycles. The SMILES string of the molecule is O=C(C1CCc2nc[nH]c2C1)N1CCCc2ccccc21.O=C(O)C=CC(=O)O. The Hall–Kier alpha value is -3.42. The molecular weight excluding hydrogens is 374 g/mol. The lowest BCUT2D eigenvalue weighted by Crippen LogP contribution is -2.41. The van der Waals surface area contributed by atoms with Crippen molar-refractivity contribution < 1.29 is 24.6 Å². The van der Waals surface area contributed by atoms with Crippen LogP contribution in [-0.2, 0) is 33.6 Å². The number of amides is 1. The quantitative estimate of drug-likeness (QED) is 0.682. The summed E-state index contributed by atoms with van der Waals surface area (Å²) in [6.45, 7) is 0.849. The first-order valence-electron chi connectivity index (χ1n) is 9.50. The van der Waals surface area contributed by atoms with Gasteiger partial charge in [-0.05, 0) is 37.3 Å². The van der Waals surface area contributed by atoms with Gasteiger partial charge in [0, 0.05) is 42.4 Å². The van der Waals surface area contributed by atoms with Crippen LogP contribution in [0, 0.1) is 5.92 Å².